The predicted molar refractivity (Wildman–Crippen MR) is 83.0 cm³/mol. The van der Waals surface area contributed by atoms with Crippen molar-refractivity contribution in [2.45, 2.75) is 38.6 Å². The van der Waals surface area contributed by atoms with Crippen LogP contribution in [0.25, 0.3) is 0 Å². The Morgan fingerprint density at radius 1 is 1.24 bits per heavy atom. The molecule has 1 aromatic carbocycles. The number of hydrogen-bond acceptors (Lipinski definition) is 3. The highest BCUT2D eigenvalue weighted by atomic mass is 16.5. The summed E-state index contributed by atoms with van der Waals surface area (Å²) in [6, 6.07) is 11.2. The molecule has 3 saturated heterocycles. The number of rotatable bonds is 5. The highest BCUT2D eigenvalue weighted by molar-refractivity contribution is 5.69. The minimum absolute atomic E-state index is 0.0192. The summed E-state index contributed by atoms with van der Waals surface area (Å²) >= 11 is 0. The molecule has 3 aliphatic rings. The molecule has 0 radical (unpaired) electrons. The zero-order chi connectivity index (χ0) is 14.7. The number of ether oxygens (including phenoxy) is 1. The molecule has 21 heavy (non-hydrogen) atoms. The molecule has 114 valence electrons. The number of piperidine rings is 3. The Bertz CT molecular complexity index is 465. The standard InChI is InChI=1S/C18H25NO2/c1-2-21-18(20)13-16-15-8-10-19(11-9-15)17(16)12-14-6-4-3-5-7-14/h3-7,15-17H,2,8-13H2,1H3. The average Bonchev–Trinajstić information content (AvgIpc) is 2.52. The molecular formula is C18H25NO2. The van der Waals surface area contributed by atoms with Gasteiger partial charge in [-0.3, -0.25) is 9.69 Å². The monoisotopic (exact) mass is 287 g/mol. The van der Waals surface area contributed by atoms with E-state index in [0.29, 0.717) is 30.9 Å². The van der Waals surface area contributed by atoms with Gasteiger partial charge in [-0.1, -0.05) is 30.3 Å². The highest BCUT2D eigenvalue weighted by Crippen LogP contribution is 2.40. The molecule has 0 spiro atoms. The molecule has 0 amide bonds. The lowest BCUT2D eigenvalue weighted by molar-refractivity contribution is -0.147. The maximum absolute atomic E-state index is 11.9. The van der Waals surface area contributed by atoms with Gasteiger partial charge >= 0.3 is 5.97 Å². The second-order valence-corrected chi connectivity index (χ2v) is 6.30. The van der Waals surface area contributed by atoms with E-state index in [0.717, 1.165) is 6.42 Å². The average molecular weight is 287 g/mol. The largest absolute Gasteiger partial charge is 0.466 e. The Kier molecular flexibility index (Phi) is 4.59. The number of nitrogens with zero attached hydrogens (tertiary/aromatic N) is 1. The third kappa shape index (κ3) is 3.29. The van der Waals surface area contributed by atoms with Crippen LogP contribution >= 0.6 is 0 Å². The Hall–Kier alpha value is -1.35. The molecule has 3 heterocycles. The molecule has 4 rings (SSSR count). The molecule has 0 saturated carbocycles. The van der Waals surface area contributed by atoms with E-state index in [1.807, 2.05) is 6.92 Å². The van der Waals surface area contributed by atoms with Gasteiger partial charge in [-0.25, -0.2) is 0 Å². The number of carbonyl (C=O) groups is 1. The first-order valence-electron chi connectivity index (χ1n) is 8.21. The van der Waals surface area contributed by atoms with Crippen LogP contribution in [0.2, 0.25) is 0 Å². The Morgan fingerprint density at radius 2 is 1.95 bits per heavy atom. The van der Waals surface area contributed by atoms with Crippen molar-refractivity contribution in [2.24, 2.45) is 11.8 Å². The van der Waals surface area contributed by atoms with Gasteiger partial charge in [0.2, 0.25) is 0 Å². The molecule has 1 aromatic rings. The van der Waals surface area contributed by atoms with Gasteiger partial charge in [0.15, 0.2) is 0 Å². The van der Waals surface area contributed by atoms with E-state index in [2.05, 4.69) is 35.2 Å². The van der Waals surface area contributed by atoms with Crippen molar-refractivity contribution >= 4 is 5.97 Å². The summed E-state index contributed by atoms with van der Waals surface area (Å²) in [6.45, 7) is 4.77. The Balaban J connectivity index is 1.73. The molecule has 2 bridgehead atoms. The zero-order valence-corrected chi connectivity index (χ0v) is 12.8. The summed E-state index contributed by atoms with van der Waals surface area (Å²) in [5.74, 6) is 1.15. The van der Waals surface area contributed by atoms with E-state index < -0.39 is 0 Å². The van der Waals surface area contributed by atoms with Crippen LogP contribution in [0.1, 0.15) is 31.7 Å². The maximum atomic E-state index is 11.9. The number of benzene rings is 1. The van der Waals surface area contributed by atoms with Gasteiger partial charge < -0.3 is 4.74 Å². The fourth-order valence-corrected chi connectivity index (χ4v) is 4.12. The first kappa shape index (κ1) is 14.6. The molecule has 3 heteroatoms. The smallest absolute Gasteiger partial charge is 0.306 e. The Labute approximate surface area is 127 Å². The van der Waals surface area contributed by atoms with E-state index in [9.17, 15) is 4.79 Å². The van der Waals surface area contributed by atoms with E-state index in [1.54, 1.807) is 0 Å². The third-order valence-electron chi connectivity index (χ3n) is 5.14. The zero-order valence-electron chi connectivity index (χ0n) is 12.8. The minimum atomic E-state index is -0.0192. The highest BCUT2D eigenvalue weighted by Gasteiger charge is 2.42. The fraction of sp³-hybridized carbons (Fsp3) is 0.611. The van der Waals surface area contributed by atoms with Crippen LogP contribution in [0, 0.1) is 11.8 Å². The molecule has 0 aliphatic carbocycles. The molecule has 3 fully saturated rings. The van der Waals surface area contributed by atoms with Crippen LogP contribution in [-0.2, 0) is 16.0 Å². The van der Waals surface area contributed by atoms with Crippen molar-refractivity contribution in [3.05, 3.63) is 35.9 Å². The van der Waals surface area contributed by atoms with Crippen molar-refractivity contribution in [1.82, 2.24) is 4.90 Å². The lowest BCUT2D eigenvalue weighted by atomic mass is 9.71. The van der Waals surface area contributed by atoms with E-state index in [-0.39, 0.29) is 5.97 Å². The number of esters is 1. The van der Waals surface area contributed by atoms with Gasteiger partial charge in [-0.2, -0.15) is 0 Å². The number of hydrogen-bond donors (Lipinski definition) is 0. The van der Waals surface area contributed by atoms with Crippen LogP contribution in [0.4, 0.5) is 0 Å². The van der Waals surface area contributed by atoms with Crippen molar-refractivity contribution in [1.29, 1.82) is 0 Å². The topological polar surface area (TPSA) is 29.5 Å². The third-order valence-corrected chi connectivity index (χ3v) is 5.14. The normalized spacial score (nSPS) is 31.1. The molecule has 0 aromatic heterocycles. The summed E-state index contributed by atoms with van der Waals surface area (Å²) in [4.78, 5) is 14.5. The van der Waals surface area contributed by atoms with Gasteiger partial charge in [0.25, 0.3) is 0 Å². The van der Waals surface area contributed by atoms with E-state index >= 15 is 0 Å². The van der Waals surface area contributed by atoms with Crippen molar-refractivity contribution < 1.29 is 9.53 Å². The van der Waals surface area contributed by atoms with Crippen LogP contribution < -0.4 is 0 Å². The summed E-state index contributed by atoms with van der Waals surface area (Å²) < 4.78 is 5.19. The second kappa shape index (κ2) is 6.61. The second-order valence-electron chi connectivity index (χ2n) is 6.30. The van der Waals surface area contributed by atoms with E-state index in [1.165, 1.54) is 31.5 Å². The minimum Gasteiger partial charge on any atom is -0.466 e. The van der Waals surface area contributed by atoms with Crippen molar-refractivity contribution in [3.63, 3.8) is 0 Å². The van der Waals surface area contributed by atoms with E-state index in [4.69, 9.17) is 4.74 Å². The van der Waals surface area contributed by atoms with Crippen LogP contribution in [-0.4, -0.2) is 36.6 Å². The van der Waals surface area contributed by atoms with Gasteiger partial charge in [-0.15, -0.1) is 0 Å². The molecule has 3 aliphatic heterocycles. The van der Waals surface area contributed by atoms with Crippen molar-refractivity contribution in [2.75, 3.05) is 19.7 Å². The van der Waals surface area contributed by atoms with Crippen molar-refractivity contribution in [3.8, 4) is 0 Å². The molecular weight excluding hydrogens is 262 g/mol. The summed E-state index contributed by atoms with van der Waals surface area (Å²) in [6.07, 6.45) is 4.14. The first-order valence-corrected chi connectivity index (χ1v) is 8.21. The SMILES string of the molecule is CCOC(=O)CC1C2CCN(CC2)C1Cc1ccccc1. The Morgan fingerprint density at radius 3 is 2.62 bits per heavy atom. The first-order chi connectivity index (χ1) is 10.3. The molecule has 2 atom stereocenters. The fourth-order valence-electron chi connectivity index (χ4n) is 4.12. The lowest BCUT2D eigenvalue weighted by Gasteiger charge is -2.51. The summed E-state index contributed by atoms with van der Waals surface area (Å²) in [5, 5.41) is 0. The lowest BCUT2D eigenvalue weighted by Crippen LogP contribution is -2.56. The van der Waals surface area contributed by atoms with Gasteiger partial charge in [-0.05, 0) is 56.7 Å². The molecule has 2 unspecified atom stereocenters. The summed E-state index contributed by atoms with van der Waals surface area (Å²) in [5.41, 5.74) is 1.38. The molecule has 3 nitrogen and oxygen atoms in total. The predicted octanol–water partition coefficient (Wildman–Crippen LogP) is 2.89. The van der Waals surface area contributed by atoms with Crippen LogP contribution in [0.5, 0.6) is 0 Å². The number of fused-ring (bicyclic) bond motifs is 3. The quantitative estimate of drug-likeness (QED) is 0.780. The summed E-state index contributed by atoms with van der Waals surface area (Å²) in [7, 11) is 0. The maximum Gasteiger partial charge on any atom is 0.306 e. The van der Waals surface area contributed by atoms with Gasteiger partial charge in [0, 0.05) is 6.04 Å². The number of carbonyl (C=O) groups excluding carboxylic acids is 1. The molecule has 0 N–H and O–H groups in total. The van der Waals surface area contributed by atoms with Crippen LogP contribution in [0.3, 0.4) is 0 Å². The van der Waals surface area contributed by atoms with Gasteiger partial charge in [0.05, 0.1) is 13.0 Å². The van der Waals surface area contributed by atoms with Gasteiger partial charge in [0.1, 0.15) is 0 Å². The van der Waals surface area contributed by atoms with Crippen LogP contribution in [0.15, 0.2) is 30.3 Å².